The van der Waals surface area contributed by atoms with Crippen LogP contribution in [-0.4, -0.2) is 56.8 Å². The summed E-state index contributed by atoms with van der Waals surface area (Å²) in [7, 11) is -3.82. The van der Waals surface area contributed by atoms with Gasteiger partial charge >= 0.3 is 0 Å². The van der Waals surface area contributed by atoms with Crippen molar-refractivity contribution in [2.75, 3.05) is 29.9 Å². The summed E-state index contributed by atoms with van der Waals surface area (Å²) in [6, 6.07) is 11.7. The van der Waals surface area contributed by atoms with E-state index in [-0.39, 0.29) is 25.0 Å². The van der Waals surface area contributed by atoms with E-state index in [1.54, 1.807) is 18.2 Å². The number of hydrogen-bond donors (Lipinski definition) is 1. The highest BCUT2D eigenvalue weighted by Gasteiger charge is 2.32. The van der Waals surface area contributed by atoms with Crippen LogP contribution in [0.3, 0.4) is 0 Å². The van der Waals surface area contributed by atoms with E-state index in [0.717, 1.165) is 21.9 Å². The molecule has 3 rings (SSSR count). The van der Waals surface area contributed by atoms with E-state index >= 15 is 0 Å². The lowest BCUT2D eigenvalue weighted by atomic mass is 10.1. The Bertz CT molecular complexity index is 1170. The number of amides is 2. The van der Waals surface area contributed by atoms with Gasteiger partial charge in [0.25, 0.3) is 0 Å². The van der Waals surface area contributed by atoms with Crippen molar-refractivity contribution in [3.05, 3.63) is 53.6 Å². The Labute approximate surface area is 213 Å². The van der Waals surface area contributed by atoms with Crippen LogP contribution in [0, 0.1) is 6.92 Å². The van der Waals surface area contributed by atoms with Crippen LogP contribution in [0.25, 0.3) is 0 Å². The smallest absolute Gasteiger partial charge is 0.244 e. The number of carbonyl (C=O) groups is 2. The molecule has 196 valence electrons. The summed E-state index contributed by atoms with van der Waals surface area (Å²) < 4.78 is 38.0. The van der Waals surface area contributed by atoms with Crippen molar-refractivity contribution in [3.63, 3.8) is 0 Å². The Kier molecular flexibility index (Phi) is 9.19. The highest BCUT2D eigenvalue weighted by atomic mass is 32.2. The van der Waals surface area contributed by atoms with Crippen molar-refractivity contribution in [1.29, 1.82) is 0 Å². The number of rotatable bonds is 12. The standard InChI is InChI=1S/C26H35N3O6S/c1-5-14-27-26(31)22(6-2)28(16-20-10-8-19(4)9-11-20)25(30)17-29(36(32,33)7-3)21-12-13-23-24(15-21)35-18-34-23/h8-13,15,22H,5-7,14,16-18H2,1-4H3,(H,27,31)/t22-/m1/s1. The number of nitrogens with one attached hydrogen (secondary N) is 1. The van der Waals surface area contributed by atoms with Crippen molar-refractivity contribution in [1.82, 2.24) is 10.2 Å². The van der Waals surface area contributed by atoms with Gasteiger partial charge in [-0.2, -0.15) is 0 Å². The Morgan fingerprint density at radius 1 is 1.03 bits per heavy atom. The topological polar surface area (TPSA) is 105 Å². The van der Waals surface area contributed by atoms with Crippen LogP contribution in [0.1, 0.15) is 44.7 Å². The van der Waals surface area contributed by atoms with E-state index in [0.29, 0.717) is 30.2 Å². The Balaban J connectivity index is 1.95. The van der Waals surface area contributed by atoms with Crippen molar-refractivity contribution < 1.29 is 27.5 Å². The lowest BCUT2D eigenvalue weighted by molar-refractivity contribution is -0.140. The molecule has 0 saturated carbocycles. The third-order valence-corrected chi connectivity index (χ3v) is 7.77. The Morgan fingerprint density at radius 3 is 2.36 bits per heavy atom. The third kappa shape index (κ3) is 6.48. The van der Waals surface area contributed by atoms with Gasteiger partial charge < -0.3 is 19.7 Å². The first kappa shape index (κ1) is 27.3. The molecule has 1 aliphatic heterocycles. The molecule has 0 spiro atoms. The van der Waals surface area contributed by atoms with Crippen molar-refractivity contribution >= 4 is 27.5 Å². The molecule has 36 heavy (non-hydrogen) atoms. The normalized spacial score (nSPS) is 13.2. The van der Waals surface area contributed by atoms with Crippen molar-refractivity contribution in [3.8, 4) is 11.5 Å². The fourth-order valence-corrected chi connectivity index (χ4v) is 4.99. The van der Waals surface area contributed by atoms with Gasteiger partial charge in [0.05, 0.1) is 11.4 Å². The van der Waals surface area contributed by atoms with Gasteiger partial charge in [-0.05, 0) is 44.4 Å². The van der Waals surface area contributed by atoms with E-state index < -0.39 is 28.5 Å². The summed E-state index contributed by atoms with van der Waals surface area (Å²) >= 11 is 0. The van der Waals surface area contributed by atoms with Gasteiger partial charge in [0.15, 0.2) is 11.5 Å². The summed E-state index contributed by atoms with van der Waals surface area (Å²) in [5, 5.41) is 2.87. The zero-order valence-corrected chi connectivity index (χ0v) is 22.1. The van der Waals surface area contributed by atoms with E-state index in [1.165, 1.54) is 11.8 Å². The van der Waals surface area contributed by atoms with Gasteiger partial charge in [-0.1, -0.05) is 43.7 Å². The first-order valence-corrected chi connectivity index (χ1v) is 13.8. The monoisotopic (exact) mass is 517 g/mol. The number of fused-ring (bicyclic) bond motifs is 1. The highest BCUT2D eigenvalue weighted by Crippen LogP contribution is 2.36. The van der Waals surface area contributed by atoms with Gasteiger partial charge in [0.2, 0.25) is 28.6 Å². The van der Waals surface area contributed by atoms with Gasteiger partial charge in [-0.25, -0.2) is 8.42 Å². The fraction of sp³-hybridized carbons (Fsp3) is 0.462. The molecule has 1 N–H and O–H groups in total. The molecule has 0 radical (unpaired) electrons. The van der Waals surface area contributed by atoms with Gasteiger partial charge in [0, 0.05) is 19.2 Å². The zero-order valence-electron chi connectivity index (χ0n) is 21.3. The molecule has 0 saturated heterocycles. The molecule has 0 bridgehead atoms. The molecule has 1 atom stereocenters. The number of nitrogens with zero attached hydrogens (tertiary/aromatic N) is 2. The summed E-state index contributed by atoms with van der Waals surface area (Å²) in [6.45, 7) is 7.56. The largest absolute Gasteiger partial charge is 0.454 e. The molecule has 1 aliphatic rings. The number of ether oxygens (including phenoxy) is 2. The summed E-state index contributed by atoms with van der Waals surface area (Å²) in [5.74, 6) is 0.00852. The average Bonchev–Trinajstić information content (AvgIpc) is 3.34. The molecule has 1 heterocycles. The second-order valence-corrected chi connectivity index (χ2v) is 10.8. The number of anilines is 1. The molecule has 2 amide bonds. The SMILES string of the molecule is CCCNC(=O)[C@@H](CC)N(Cc1ccc(C)cc1)C(=O)CN(c1ccc2c(c1)OCO2)S(=O)(=O)CC. The molecule has 0 unspecified atom stereocenters. The summed E-state index contributed by atoms with van der Waals surface area (Å²) in [6.07, 6.45) is 1.15. The predicted molar refractivity (Wildman–Crippen MR) is 138 cm³/mol. The maximum atomic E-state index is 13.8. The Hall–Kier alpha value is -3.27. The lowest BCUT2D eigenvalue weighted by Gasteiger charge is -2.33. The number of aryl methyl sites for hydroxylation is 1. The molecule has 2 aromatic carbocycles. The van der Waals surface area contributed by atoms with Gasteiger partial charge in [0.1, 0.15) is 12.6 Å². The van der Waals surface area contributed by atoms with Crippen LogP contribution in [0.5, 0.6) is 11.5 Å². The van der Waals surface area contributed by atoms with Gasteiger partial charge in [-0.15, -0.1) is 0 Å². The molecule has 0 aliphatic carbocycles. The van der Waals surface area contributed by atoms with E-state index in [4.69, 9.17) is 9.47 Å². The van der Waals surface area contributed by atoms with Crippen LogP contribution >= 0.6 is 0 Å². The minimum Gasteiger partial charge on any atom is -0.454 e. The molecule has 10 heteroatoms. The van der Waals surface area contributed by atoms with Crippen LogP contribution in [0.4, 0.5) is 5.69 Å². The Morgan fingerprint density at radius 2 is 1.72 bits per heavy atom. The number of sulfonamides is 1. The first-order valence-electron chi connectivity index (χ1n) is 12.2. The molecule has 2 aromatic rings. The molecule has 0 aromatic heterocycles. The number of benzene rings is 2. The second-order valence-electron chi connectivity index (χ2n) is 8.67. The third-order valence-electron chi connectivity index (χ3n) is 6.03. The van der Waals surface area contributed by atoms with E-state index in [9.17, 15) is 18.0 Å². The van der Waals surface area contributed by atoms with Crippen LogP contribution in [0.2, 0.25) is 0 Å². The highest BCUT2D eigenvalue weighted by molar-refractivity contribution is 7.92. The van der Waals surface area contributed by atoms with E-state index in [1.807, 2.05) is 45.0 Å². The second kappa shape index (κ2) is 12.1. The molecular formula is C26H35N3O6S. The van der Waals surface area contributed by atoms with Crippen molar-refractivity contribution in [2.24, 2.45) is 0 Å². The minimum atomic E-state index is -3.82. The fourth-order valence-electron chi connectivity index (χ4n) is 3.94. The zero-order chi connectivity index (χ0) is 26.3. The first-order chi connectivity index (χ1) is 17.2. The minimum absolute atomic E-state index is 0.0492. The average molecular weight is 518 g/mol. The predicted octanol–water partition coefficient (Wildman–Crippen LogP) is 3.21. The van der Waals surface area contributed by atoms with Crippen LogP contribution in [-0.2, 0) is 26.2 Å². The lowest BCUT2D eigenvalue weighted by Crippen LogP contribution is -2.52. The maximum Gasteiger partial charge on any atom is 0.244 e. The van der Waals surface area contributed by atoms with Crippen molar-refractivity contribution in [2.45, 2.75) is 53.1 Å². The molecular weight excluding hydrogens is 482 g/mol. The summed E-state index contributed by atoms with van der Waals surface area (Å²) in [5.41, 5.74) is 2.23. The van der Waals surface area contributed by atoms with Crippen LogP contribution < -0.4 is 19.1 Å². The quantitative estimate of drug-likeness (QED) is 0.464. The number of carbonyl (C=O) groups excluding carboxylic acids is 2. The molecule has 9 nitrogen and oxygen atoms in total. The number of hydrogen-bond acceptors (Lipinski definition) is 6. The summed E-state index contributed by atoms with van der Waals surface area (Å²) in [4.78, 5) is 28.2. The maximum absolute atomic E-state index is 13.8. The van der Waals surface area contributed by atoms with Gasteiger partial charge in [-0.3, -0.25) is 13.9 Å². The van der Waals surface area contributed by atoms with Crippen LogP contribution in [0.15, 0.2) is 42.5 Å². The molecule has 0 fully saturated rings. The van der Waals surface area contributed by atoms with E-state index in [2.05, 4.69) is 5.32 Å².